The lowest BCUT2D eigenvalue weighted by atomic mass is 9.69. The van der Waals surface area contributed by atoms with Gasteiger partial charge in [-0.15, -0.1) is 0 Å². The molecule has 0 spiro atoms. The molecular formula is C24H32N2O3. The first-order chi connectivity index (χ1) is 13.8. The summed E-state index contributed by atoms with van der Waals surface area (Å²) in [4.78, 5) is 33.5. The number of carbonyl (C=O) groups excluding carboxylic acids is 2. The monoisotopic (exact) mass is 396 g/mol. The standard InChI is InChI=1S/C24H32N2O3/c1-6-7-21(27)23-20(13-24(3,4)14-22(23)28)25-11-10-17-15(2)26-19-9-8-16(29-5)12-18(17)19/h8-9,12,23,26H,6-7,10-11,13-14H2,1-5H3/t23-/m1/s1. The fourth-order valence-corrected chi connectivity index (χ4v) is 4.44. The molecule has 1 fully saturated rings. The van der Waals surface area contributed by atoms with Crippen LogP contribution < -0.4 is 4.74 Å². The van der Waals surface area contributed by atoms with E-state index >= 15 is 0 Å². The Labute approximate surface area is 172 Å². The zero-order valence-corrected chi connectivity index (χ0v) is 18.2. The number of benzene rings is 1. The number of aromatic amines is 1. The quantitative estimate of drug-likeness (QED) is 0.681. The van der Waals surface area contributed by atoms with E-state index in [1.165, 1.54) is 5.56 Å². The second-order valence-electron chi connectivity index (χ2n) is 8.90. The topological polar surface area (TPSA) is 71.5 Å². The van der Waals surface area contributed by atoms with E-state index in [4.69, 9.17) is 9.73 Å². The molecule has 156 valence electrons. The number of nitrogens with one attached hydrogen (secondary N) is 1. The second-order valence-corrected chi connectivity index (χ2v) is 8.90. The summed E-state index contributed by atoms with van der Waals surface area (Å²) >= 11 is 0. The maximum Gasteiger partial charge on any atom is 0.149 e. The third-order valence-electron chi connectivity index (χ3n) is 5.79. The Balaban J connectivity index is 1.85. The molecule has 0 amide bonds. The van der Waals surface area contributed by atoms with Crippen molar-refractivity contribution in [3.63, 3.8) is 0 Å². The smallest absolute Gasteiger partial charge is 0.149 e. The molecule has 0 aliphatic heterocycles. The average molecular weight is 397 g/mol. The molecule has 3 rings (SSSR count). The molecule has 29 heavy (non-hydrogen) atoms. The molecule has 5 heteroatoms. The first-order valence-electron chi connectivity index (χ1n) is 10.5. The molecule has 1 aliphatic carbocycles. The van der Waals surface area contributed by atoms with E-state index < -0.39 is 5.92 Å². The molecule has 0 radical (unpaired) electrons. The van der Waals surface area contributed by atoms with Gasteiger partial charge < -0.3 is 9.72 Å². The van der Waals surface area contributed by atoms with Gasteiger partial charge in [0.2, 0.25) is 0 Å². The number of Topliss-reactive ketones (excluding diaryl/α,β-unsaturated/α-hetero) is 2. The van der Waals surface area contributed by atoms with E-state index in [0.717, 1.165) is 40.9 Å². The van der Waals surface area contributed by atoms with Crippen LogP contribution in [0.1, 0.15) is 57.7 Å². The van der Waals surface area contributed by atoms with Crippen LogP contribution >= 0.6 is 0 Å². The van der Waals surface area contributed by atoms with Crippen LogP contribution in [0.2, 0.25) is 0 Å². The van der Waals surface area contributed by atoms with Gasteiger partial charge >= 0.3 is 0 Å². The van der Waals surface area contributed by atoms with E-state index in [2.05, 4.69) is 25.8 Å². The van der Waals surface area contributed by atoms with Gasteiger partial charge in [-0.05, 0) is 55.4 Å². The molecule has 1 N–H and O–H groups in total. The van der Waals surface area contributed by atoms with Crippen LogP contribution in [-0.2, 0) is 16.0 Å². The normalized spacial score (nSPS) is 20.4. The fourth-order valence-electron chi connectivity index (χ4n) is 4.44. The Morgan fingerprint density at radius 2 is 2.07 bits per heavy atom. The number of fused-ring (bicyclic) bond motifs is 1. The predicted octanol–water partition coefficient (Wildman–Crippen LogP) is 4.84. The minimum atomic E-state index is -0.632. The Kier molecular flexibility index (Phi) is 6.25. The zero-order chi connectivity index (χ0) is 21.2. The number of carbonyl (C=O) groups is 2. The van der Waals surface area contributed by atoms with E-state index in [-0.39, 0.29) is 17.0 Å². The Morgan fingerprint density at radius 3 is 2.76 bits per heavy atom. The van der Waals surface area contributed by atoms with Gasteiger partial charge in [-0.1, -0.05) is 20.8 Å². The highest BCUT2D eigenvalue weighted by molar-refractivity contribution is 6.22. The Hall–Kier alpha value is -2.43. The molecule has 1 aromatic heterocycles. The second kappa shape index (κ2) is 8.52. The van der Waals surface area contributed by atoms with E-state index in [1.807, 2.05) is 25.1 Å². The van der Waals surface area contributed by atoms with Crippen molar-refractivity contribution in [2.45, 2.75) is 59.8 Å². The molecule has 5 nitrogen and oxygen atoms in total. The third-order valence-corrected chi connectivity index (χ3v) is 5.79. The predicted molar refractivity (Wildman–Crippen MR) is 117 cm³/mol. The van der Waals surface area contributed by atoms with Gasteiger partial charge in [0.1, 0.15) is 23.2 Å². The molecular weight excluding hydrogens is 364 g/mol. The molecule has 1 aromatic carbocycles. The highest BCUT2D eigenvalue weighted by Gasteiger charge is 2.41. The van der Waals surface area contributed by atoms with Crippen molar-refractivity contribution in [2.24, 2.45) is 16.3 Å². The fraction of sp³-hybridized carbons (Fsp3) is 0.542. The third kappa shape index (κ3) is 4.60. The van der Waals surface area contributed by atoms with E-state index in [0.29, 0.717) is 25.8 Å². The van der Waals surface area contributed by atoms with Crippen molar-refractivity contribution >= 4 is 28.2 Å². The number of aryl methyl sites for hydroxylation is 1. The number of aliphatic imine (C=N–C) groups is 1. The number of H-pyrrole nitrogens is 1. The van der Waals surface area contributed by atoms with Gasteiger partial charge in [-0.25, -0.2) is 0 Å². The summed E-state index contributed by atoms with van der Waals surface area (Å²) in [5.74, 6) is 0.257. The van der Waals surface area contributed by atoms with Gasteiger partial charge in [-0.3, -0.25) is 14.6 Å². The van der Waals surface area contributed by atoms with Crippen LogP contribution in [-0.4, -0.2) is 35.9 Å². The summed E-state index contributed by atoms with van der Waals surface area (Å²) in [6.45, 7) is 8.77. The van der Waals surface area contributed by atoms with Crippen molar-refractivity contribution in [1.82, 2.24) is 4.98 Å². The van der Waals surface area contributed by atoms with Crippen molar-refractivity contribution in [3.05, 3.63) is 29.5 Å². The Morgan fingerprint density at radius 1 is 1.31 bits per heavy atom. The maximum atomic E-state index is 12.7. The van der Waals surface area contributed by atoms with Crippen LogP contribution in [0, 0.1) is 18.3 Å². The lowest BCUT2D eigenvalue weighted by Crippen LogP contribution is -2.42. The van der Waals surface area contributed by atoms with Gasteiger partial charge in [0.15, 0.2) is 0 Å². The molecule has 1 heterocycles. The number of hydrogen-bond donors (Lipinski definition) is 1. The van der Waals surface area contributed by atoms with Crippen LogP contribution in [0.5, 0.6) is 5.75 Å². The zero-order valence-electron chi connectivity index (χ0n) is 18.2. The lowest BCUT2D eigenvalue weighted by Gasteiger charge is -2.34. The molecule has 0 saturated heterocycles. The number of aromatic nitrogens is 1. The largest absolute Gasteiger partial charge is 0.497 e. The van der Waals surface area contributed by atoms with Crippen LogP contribution in [0.4, 0.5) is 0 Å². The highest BCUT2D eigenvalue weighted by atomic mass is 16.5. The summed E-state index contributed by atoms with van der Waals surface area (Å²) in [6.07, 6.45) is 3.12. The van der Waals surface area contributed by atoms with Crippen molar-refractivity contribution in [3.8, 4) is 5.75 Å². The summed E-state index contributed by atoms with van der Waals surface area (Å²) in [5, 5.41) is 1.14. The van der Waals surface area contributed by atoms with Crippen molar-refractivity contribution in [2.75, 3.05) is 13.7 Å². The van der Waals surface area contributed by atoms with Crippen LogP contribution in [0.3, 0.4) is 0 Å². The van der Waals surface area contributed by atoms with Gasteiger partial charge in [-0.2, -0.15) is 0 Å². The number of ether oxygens (including phenoxy) is 1. The van der Waals surface area contributed by atoms with E-state index in [1.54, 1.807) is 7.11 Å². The molecule has 0 bridgehead atoms. The molecule has 1 atom stereocenters. The number of ketones is 2. The SMILES string of the molecule is CCCC(=O)[C@@H]1C(=O)CC(C)(C)CC1=NCCc1c(C)[nH]c2ccc(OC)cc12. The van der Waals surface area contributed by atoms with Crippen LogP contribution in [0.25, 0.3) is 10.9 Å². The number of hydrogen-bond acceptors (Lipinski definition) is 4. The lowest BCUT2D eigenvalue weighted by molar-refractivity contribution is -0.132. The van der Waals surface area contributed by atoms with Gasteiger partial charge in [0, 0.05) is 41.7 Å². The molecule has 2 aromatic rings. The van der Waals surface area contributed by atoms with Crippen molar-refractivity contribution < 1.29 is 14.3 Å². The summed E-state index contributed by atoms with van der Waals surface area (Å²) in [5.41, 5.74) is 4.05. The summed E-state index contributed by atoms with van der Waals surface area (Å²) < 4.78 is 5.37. The number of rotatable bonds is 7. The van der Waals surface area contributed by atoms with Gasteiger partial charge in [0.05, 0.1) is 7.11 Å². The Bertz CT molecular complexity index is 952. The molecule has 1 aliphatic rings. The van der Waals surface area contributed by atoms with Crippen molar-refractivity contribution in [1.29, 1.82) is 0 Å². The van der Waals surface area contributed by atoms with E-state index in [9.17, 15) is 9.59 Å². The highest BCUT2D eigenvalue weighted by Crippen LogP contribution is 2.35. The first-order valence-corrected chi connectivity index (χ1v) is 10.5. The maximum absolute atomic E-state index is 12.7. The van der Waals surface area contributed by atoms with Crippen LogP contribution in [0.15, 0.2) is 23.2 Å². The minimum Gasteiger partial charge on any atom is -0.497 e. The first kappa shape index (κ1) is 21.3. The van der Waals surface area contributed by atoms with Gasteiger partial charge in [0.25, 0.3) is 0 Å². The molecule has 1 saturated carbocycles. The minimum absolute atomic E-state index is 0.0276. The average Bonchev–Trinajstić information content (AvgIpc) is 2.95. The number of nitrogens with zero attached hydrogens (tertiary/aromatic N) is 1. The summed E-state index contributed by atoms with van der Waals surface area (Å²) in [6, 6.07) is 6.02. The summed E-state index contributed by atoms with van der Waals surface area (Å²) in [7, 11) is 1.67. The number of methoxy groups -OCH3 is 1. The molecule has 0 unspecified atom stereocenters.